The SMILES string of the molecule is COCCOc1cccc(C(C)Cc2ccnc(C(C)C)c2)c1. The number of ether oxygens (including phenoxy) is 2. The molecule has 0 spiro atoms. The Hall–Kier alpha value is -1.87. The highest BCUT2D eigenvalue weighted by Gasteiger charge is 2.09. The van der Waals surface area contributed by atoms with Gasteiger partial charge < -0.3 is 9.47 Å². The van der Waals surface area contributed by atoms with Gasteiger partial charge in [0.15, 0.2) is 0 Å². The molecule has 124 valence electrons. The summed E-state index contributed by atoms with van der Waals surface area (Å²) in [5, 5.41) is 0. The third-order valence-corrected chi connectivity index (χ3v) is 3.96. The van der Waals surface area contributed by atoms with Crippen LogP contribution in [0.15, 0.2) is 42.6 Å². The summed E-state index contributed by atoms with van der Waals surface area (Å²) in [7, 11) is 1.68. The normalized spacial score (nSPS) is 12.4. The molecule has 1 aromatic carbocycles. The fourth-order valence-electron chi connectivity index (χ4n) is 2.56. The van der Waals surface area contributed by atoms with E-state index in [0.29, 0.717) is 25.0 Å². The third-order valence-electron chi connectivity index (χ3n) is 3.96. The Morgan fingerprint density at radius 1 is 1.04 bits per heavy atom. The molecule has 0 fully saturated rings. The van der Waals surface area contributed by atoms with E-state index in [4.69, 9.17) is 9.47 Å². The first-order chi connectivity index (χ1) is 11.1. The molecular formula is C20H27NO2. The number of hydrogen-bond donors (Lipinski definition) is 0. The van der Waals surface area contributed by atoms with Crippen LogP contribution in [0.3, 0.4) is 0 Å². The summed E-state index contributed by atoms with van der Waals surface area (Å²) in [6.07, 6.45) is 2.92. The predicted octanol–water partition coefficient (Wildman–Crippen LogP) is 4.58. The molecule has 0 N–H and O–H groups in total. The molecule has 0 radical (unpaired) electrons. The summed E-state index contributed by atoms with van der Waals surface area (Å²) >= 11 is 0. The zero-order valence-corrected chi connectivity index (χ0v) is 14.6. The minimum absolute atomic E-state index is 0.434. The van der Waals surface area contributed by atoms with Gasteiger partial charge in [0.25, 0.3) is 0 Å². The first-order valence-corrected chi connectivity index (χ1v) is 8.26. The van der Waals surface area contributed by atoms with E-state index in [9.17, 15) is 0 Å². The van der Waals surface area contributed by atoms with Crippen LogP contribution in [-0.2, 0) is 11.2 Å². The number of aromatic nitrogens is 1. The van der Waals surface area contributed by atoms with Gasteiger partial charge in [-0.2, -0.15) is 0 Å². The van der Waals surface area contributed by atoms with Crippen molar-refractivity contribution in [3.8, 4) is 5.75 Å². The number of methoxy groups -OCH3 is 1. The van der Waals surface area contributed by atoms with E-state index in [2.05, 4.69) is 56.1 Å². The fourth-order valence-corrected chi connectivity index (χ4v) is 2.56. The van der Waals surface area contributed by atoms with Crippen molar-refractivity contribution in [1.29, 1.82) is 0 Å². The van der Waals surface area contributed by atoms with E-state index in [1.165, 1.54) is 11.1 Å². The maximum atomic E-state index is 5.70. The highest BCUT2D eigenvalue weighted by Crippen LogP contribution is 2.25. The van der Waals surface area contributed by atoms with Crippen LogP contribution in [0.4, 0.5) is 0 Å². The van der Waals surface area contributed by atoms with Crippen LogP contribution in [0.25, 0.3) is 0 Å². The maximum absolute atomic E-state index is 5.70. The van der Waals surface area contributed by atoms with Crippen molar-refractivity contribution in [3.63, 3.8) is 0 Å². The second-order valence-corrected chi connectivity index (χ2v) is 6.26. The Morgan fingerprint density at radius 2 is 1.87 bits per heavy atom. The maximum Gasteiger partial charge on any atom is 0.119 e. The predicted molar refractivity (Wildman–Crippen MR) is 94.3 cm³/mol. The molecular weight excluding hydrogens is 286 g/mol. The van der Waals surface area contributed by atoms with Gasteiger partial charge in [0.05, 0.1) is 6.61 Å². The molecule has 0 aliphatic rings. The zero-order chi connectivity index (χ0) is 16.7. The largest absolute Gasteiger partial charge is 0.491 e. The summed E-state index contributed by atoms with van der Waals surface area (Å²) in [6.45, 7) is 7.79. The molecule has 0 saturated carbocycles. The van der Waals surface area contributed by atoms with E-state index < -0.39 is 0 Å². The van der Waals surface area contributed by atoms with Crippen LogP contribution in [0, 0.1) is 0 Å². The molecule has 1 unspecified atom stereocenters. The second kappa shape index (κ2) is 8.68. The molecule has 2 aromatic rings. The van der Waals surface area contributed by atoms with E-state index in [0.717, 1.165) is 17.9 Å². The topological polar surface area (TPSA) is 31.4 Å². The van der Waals surface area contributed by atoms with Crippen LogP contribution in [0.5, 0.6) is 5.75 Å². The van der Waals surface area contributed by atoms with E-state index in [-0.39, 0.29) is 0 Å². The van der Waals surface area contributed by atoms with E-state index in [1.54, 1.807) is 7.11 Å². The molecule has 0 amide bonds. The van der Waals surface area contributed by atoms with Crippen molar-refractivity contribution in [2.45, 2.75) is 39.0 Å². The van der Waals surface area contributed by atoms with Gasteiger partial charge in [-0.3, -0.25) is 4.98 Å². The minimum atomic E-state index is 0.434. The van der Waals surface area contributed by atoms with Gasteiger partial charge in [-0.1, -0.05) is 32.9 Å². The first kappa shape index (κ1) is 17.5. The molecule has 23 heavy (non-hydrogen) atoms. The summed E-state index contributed by atoms with van der Waals surface area (Å²) in [5.74, 6) is 1.80. The van der Waals surface area contributed by atoms with Crippen molar-refractivity contribution < 1.29 is 9.47 Å². The number of pyridine rings is 1. The van der Waals surface area contributed by atoms with E-state index >= 15 is 0 Å². The molecule has 1 atom stereocenters. The monoisotopic (exact) mass is 313 g/mol. The summed E-state index contributed by atoms with van der Waals surface area (Å²) in [5.41, 5.74) is 3.79. The second-order valence-electron chi connectivity index (χ2n) is 6.26. The Bertz CT molecular complexity index is 610. The number of hydrogen-bond acceptors (Lipinski definition) is 3. The van der Waals surface area contributed by atoms with Crippen molar-refractivity contribution in [3.05, 3.63) is 59.4 Å². The van der Waals surface area contributed by atoms with Crippen LogP contribution in [0.1, 0.15) is 49.4 Å². The number of nitrogens with zero attached hydrogens (tertiary/aromatic N) is 1. The van der Waals surface area contributed by atoms with Gasteiger partial charge in [0.1, 0.15) is 12.4 Å². The van der Waals surface area contributed by atoms with Gasteiger partial charge in [-0.25, -0.2) is 0 Å². The molecule has 0 aliphatic heterocycles. The lowest BCUT2D eigenvalue weighted by atomic mass is 9.93. The Balaban J connectivity index is 2.04. The lowest BCUT2D eigenvalue weighted by Gasteiger charge is -2.15. The van der Waals surface area contributed by atoms with Crippen molar-refractivity contribution in [2.24, 2.45) is 0 Å². The Kier molecular flexibility index (Phi) is 6.60. The van der Waals surface area contributed by atoms with Crippen LogP contribution >= 0.6 is 0 Å². The average molecular weight is 313 g/mol. The first-order valence-electron chi connectivity index (χ1n) is 8.26. The molecule has 2 rings (SSSR count). The van der Waals surface area contributed by atoms with Gasteiger partial charge >= 0.3 is 0 Å². The van der Waals surface area contributed by atoms with Crippen LogP contribution in [0.2, 0.25) is 0 Å². The molecule has 0 aliphatic carbocycles. The number of rotatable bonds is 8. The fraction of sp³-hybridized carbons (Fsp3) is 0.450. The summed E-state index contributed by atoms with van der Waals surface area (Å²) in [6, 6.07) is 12.7. The van der Waals surface area contributed by atoms with Gasteiger partial charge in [-0.05, 0) is 53.6 Å². The van der Waals surface area contributed by atoms with Crippen molar-refractivity contribution in [2.75, 3.05) is 20.3 Å². The summed E-state index contributed by atoms with van der Waals surface area (Å²) < 4.78 is 10.7. The van der Waals surface area contributed by atoms with Gasteiger partial charge in [0.2, 0.25) is 0 Å². The molecule has 3 heteroatoms. The van der Waals surface area contributed by atoms with E-state index in [1.807, 2.05) is 12.3 Å². The smallest absolute Gasteiger partial charge is 0.119 e. The van der Waals surface area contributed by atoms with Crippen LogP contribution < -0.4 is 4.74 Å². The quantitative estimate of drug-likeness (QED) is 0.669. The van der Waals surface area contributed by atoms with Gasteiger partial charge in [-0.15, -0.1) is 0 Å². The molecule has 0 saturated heterocycles. The zero-order valence-electron chi connectivity index (χ0n) is 14.6. The Morgan fingerprint density at radius 3 is 2.61 bits per heavy atom. The highest BCUT2D eigenvalue weighted by molar-refractivity contribution is 5.32. The third kappa shape index (κ3) is 5.36. The standard InChI is InChI=1S/C20H27NO2/c1-15(2)20-13-17(8-9-21-20)12-16(3)18-6-5-7-19(14-18)23-11-10-22-4/h5-9,13-16H,10-12H2,1-4H3. The summed E-state index contributed by atoms with van der Waals surface area (Å²) in [4.78, 5) is 4.44. The molecule has 1 heterocycles. The minimum Gasteiger partial charge on any atom is -0.491 e. The van der Waals surface area contributed by atoms with Crippen LogP contribution in [-0.4, -0.2) is 25.3 Å². The molecule has 3 nitrogen and oxygen atoms in total. The highest BCUT2D eigenvalue weighted by atomic mass is 16.5. The molecule has 1 aromatic heterocycles. The molecule has 0 bridgehead atoms. The van der Waals surface area contributed by atoms with Gasteiger partial charge in [0, 0.05) is 19.0 Å². The average Bonchev–Trinajstić information content (AvgIpc) is 2.55. The number of benzene rings is 1. The van der Waals surface area contributed by atoms with Crippen molar-refractivity contribution >= 4 is 0 Å². The van der Waals surface area contributed by atoms with Crippen molar-refractivity contribution in [1.82, 2.24) is 4.98 Å². The Labute approximate surface area is 139 Å². The lowest BCUT2D eigenvalue weighted by Crippen LogP contribution is -2.05. The lowest BCUT2D eigenvalue weighted by molar-refractivity contribution is 0.146.